The molecule has 4 nitrogen and oxygen atoms in total. The Kier molecular flexibility index (Phi) is 4.77. The zero-order valence-corrected chi connectivity index (χ0v) is 8.92. The topological polar surface area (TPSA) is 52.6 Å². The molecular weight excluding hydrogens is 168 g/mol. The monoisotopic (exact) mass is 188 g/mol. The second kappa shape index (κ2) is 5.07. The lowest BCUT2D eigenvalue weighted by atomic mass is 10.1. The summed E-state index contributed by atoms with van der Waals surface area (Å²) in [7, 11) is 1.68. The molecule has 2 amide bonds. The molecule has 0 aliphatic rings. The Balaban J connectivity index is 4.09. The Morgan fingerprint density at radius 3 is 2.46 bits per heavy atom. The summed E-state index contributed by atoms with van der Waals surface area (Å²) in [5.74, 6) is 0. The Bertz CT molecular complexity index is 169. The SMILES string of the molecule is CCCNC(=O)N(C)C(C)(C)CO. The Morgan fingerprint density at radius 1 is 1.54 bits per heavy atom. The van der Waals surface area contributed by atoms with Crippen molar-refractivity contribution >= 4 is 6.03 Å². The zero-order chi connectivity index (χ0) is 10.5. The van der Waals surface area contributed by atoms with Crippen LogP contribution in [-0.2, 0) is 0 Å². The van der Waals surface area contributed by atoms with E-state index in [4.69, 9.17) is 5.11 Å². The van der Waals surface area contributed by atoms with Crippen LogP contribution in [0.15, 0.2) is 0 Å². The fourth-order valence-corrected chi connectivity index (χ4v) is 0.731. The summed E-state index contributed by atoms with van der Waals surface area (Å²) in [6.45, 7) is 6.27. The fourth-order valence-electron chi connectivity index (χ4n) is 0.731. The van der Waals surface area contributed by atoms with E-state index < -0.39 is 5.54 Å². The van der Waals surface area contributed by atoms with E-state index in [9.17, 15) is 4.79 Å². The number of likely N-dealkylation sites (N-methyl/N-ethyl adjacent to an activating group) is 1. The summed E-state index contributed by atoms with van der Waals surface area (Å²) in [6.07, 6.45) is 0.916. The number of hydrogen-bond donors (Lipinski definition) is 2. The molecule has 4 heteroatoms. The summed E-state index contributed by atoms with van der Waals surface area (Å²) in [4.78, 5) is 12.9. The van der Waals surface area contributed by atoms with Gasteiger partial charge >= 0.3 is 6.03 Å². The highest BCUT2D eigenvalue weighted by atomic mass is 16.3. The lowest BCUT2D eigenvalue weighted by Gasteiger charge is -2.33. The molecule has 0 rings (SSSR count). The Hall–Kier alpha value is -0.770. The van der Waals surface area contributed by atoms with Crippen LogP contribution in [0.1, 0.15) is 27.2 Å². The molecule has 0 aliphatic carbocycles. The molecule has 78 valence electrons. The molecule has 2 N–H and O–H groups in total. The van der Waals surface area contributed by atoms with Crippen molar-refractivity contribution in [3.8, 4) is 0 Å². The van der Waals surface area contributed by atoms with E-state index in [1.54, 1.807) is 7.05 Å². The smallest absolute Gasteiger partial charge is 0.317 e. The third-order valence-corrected chi connectivity index (χ3v) is 2.13. The molecule has 0 unspecified atom stereocenters. The van der Waals surface area contributed by atoms with Crippen LogP contribution in [0.3, 0.4) is 0 Å². The van der Waals surface area contributed by atoms with E-state index in [1.807, 2.05) is 20.8 Å². The van der Waals surface area contributed by atoms with E-state index in [0.717, 1.165) is 6.42 Å². The molecule has 13 heavy (non-hydrogen) atoms. The van der Waals surface area contributed by atoms with Gasteiger partial charge in [-0.05, 0) is 20.3 Å². The van der Waals surface area contributed by atoms with Crippen LogP contribution in [0.4, 0.5) is 4.79 Å². The molecule has 0 aromatic carbocycles. The molecule has 0 atom stereocenters. The number of urea groups is 1. The normalized spacial score (nSPS) is 11.2. The molecule has 0 aliphatic heterocycles. The van der Waals surface area contributed by atoms with E-state index in [0.29, 0.717) is 6.54 Å². The van der Waals surface area contributed by atoms with Crippen LogP contribution in [0.5, 0.6) is 0 Å². The number of hydrogen-bond acceptors (Lipinski definition) is 2. The van der Waals surface area contributed by atoms with Gasteiger partial charge in [0.15, 0.2) is 0 Å². The quantitative estimate of drug-likeness (QED) is 0.686. The van der Waals surface area contributed by atoms with E-state index in [-0.39, 0.29) is 12.6 Å². The number of rotatable bonds is 4. The van der Waals surface area contributed by atoms with Crippen molar-refractivity contribution in [1.29, 1.82) is 0 Å². The van der Waals surface area contributed by atoms with E-state index in [1.165, 1.54) is 4.90 Å². The number of aliphatic hydroxyl groups is 1. The summed E-state index contributed by atoms with van der Waals surface area (Å²) in [5.41, 5.74) is -0.502. The van der Waals surface area contributed by atoms with Gasteiger partial charge in [-0.25, -0.2) is 4.79 Å². The molecule has 0 saturated heterocycles. The highest BCUT2D eigenvalue weighted by molar-refractivity contribution is 5.74. The van der Waals surface area contributed by atoms with Gasteiger partial charge in [0.05, 0.1) is 12.1 Å². The van der Waals surface area contributed by atoms with Crippen molar-refractivity contribution in [2.75, 3.05) is 20.2 Å². The minimum atomic E-state index is -0.502. The first-order valence-corrected chi connectivity index (χ1v) is 4.58. The Labute approximate surface area is 79.9 Å². The van der Waals surface area contributed by atoms with Gasteiger partial charge in [0.1, 0.15) is 0 Å². The fraction of sp³-hybridized carbons (Fsp3) is 0.889. The molecule has 0 heterocycles. The maximum atomic E-state index is 11.4. The number of aliphatic hydroxyl groups excluding tert-OH is 1. The minimum absolute atomic E-state index is 0.0386. The zero-order valence-electron chi connectivity index (χ0n) is 8.92. The van der Waals surface area contributed by atoms with Gasteiger partial charge in [0.25, 0.3) is 0 Å². The van der Waals surface area contributed by atoms with Crippen LogP contribution in [0, 0.1) is 0 Å². The number of amides is 2. The van der Waals surface area contributed by atoms with E-state index >= 15 is 0 Å². The second-order valence-corrected chi connectivity index (χ2v) is 3.76. The molecule has 0 fully saturated rings. The maximum absolute atomic E-state index is 11.4. The first-order chi connectivity index (χ1) is 5.95. The highest BCUT2D eigenvalue weighted by Gasteiger charge is 2.26. The van der Waals surface area contributed by atoms with Crippen molar-refractivity contribution < 1.29 is 9.90 Å². The van der Waals surface area contributed by atoms with Gasteiger partial charge in [0.2, 0.25) is 0 Å². The maximum Gasteiger partial charge on any atom is 0.317 e. The molecular formula is C9H20N2O2. The van der Waals surface area contributed by atoms with Crippen molar-refractivity contribution in [1.82, 2.24) is 10.2 Å². The number of nitrogens with one attached hydrogen (secondary N) is 1. The van der Waals surface area contributed by atoms with Crippen LogP contribution in [0.25, 0.3) is 0 Å². The third-order valence-electron chi connectivity index (χ3n) is 2.13. The third kappa shape index (κ3) is 3.63. The lowest BCUT2D eigenvalue weighted by molar-refractivity contribution is 0.0976. The standard InChI is InChI=1S/C9H20N2O2/c1-5-6-10-8(13)11(4)9(2,3)7-12/h12H,5-7H2,1-4H3,(H,10,13). The molecule has 0 aromatic rings. The van der Waals surface area contributed by atoms with Crippen molar-refractivity contribution in [3.63, 3.8) is 0 Å². The largest absolute Gasteiger partial charge is 0.394 e. The van der Waals surface area contributed by atoms with Crippen molar-refractivity contribution in [2.24, 2.45) is 0 Å². The number of nitrogens with zero attached hydrogens (tertiary/aromatic N) is 1. The van der Waals surface area contributed by atoms with Gasteiger partial charge < -0.3 is 15.3 Å². The van der Waals surface area contributed by atoms with Gasteiger partial charge in [0, 0.05) is 13.6 Å². The highest BCUT2D eigenvalue weighted by Crippen LogP contribution is 2.10. The first kappa shape index (κ1) is 12.2. The van der Waals surface area contributed by atoms with Crippen LogP contribution in [0.2, 0.25) is 0 Å². The van der Waals surface area contributed by atoms with Crippen LogP contribution < -0.4 is 5.32 Å². The average molecular weight is 188 g/mol. The van der Waals surface area contributed by atoms with Gasteiger partial charge in [-0.3, -0.25) is 0 Å². The van der Waals surface area contributed by atoms with Crippen LogP contribution >= 0.6 is 0 Å². The summed E-state index contributed by atoms with van der Waals surface area (Å²) in [5, 5.41) is 11.8. The number of carbonyl (C=O) groups is 1. The second-order valence-electron chi connectivity index (χ2n) is 3.76. The minimum Gasteiger partial charge on any atom is -0.394 e. The Morgan fingerprint density at radius 2 is 2.08 bits per heavy atom. The van der Waals surface area contributed by atoms with Crippen molar-refractivity contribution in [2.45, 2.75) is 32.7 Å². The van der Waals surface area contributed by atoms with E-state index in [2.05, 4.69) is 5.32 Å². The summed E-state index contributed by atoms with van der Waals surface area (Å²) in [6, 6.07) is -0.138. The van der Waals surface area contributed by atoms with Crippen molar-refractivity contribution in [3.05, 3.63) is 0 Å². The summed E-state index contributed by atoms with van der Waals surface area (Å²) < 4.78 is 0. The summed E-state index contributed by atoms with van der Waals surface area (Å²) >= 11 is 0. The van der Waals surface area contributed by atoms with Crippen LogP contribution in [-0.4, -0.2) is 41.8 Å². The molecule has 0 bridgehead atoms. The molecule has 0 aromatic heterocycles. The lowest BCUT2D eigenvalue weighted by Crippen LogP contribution is -2.51. The van der Waals surface area contributed by atoms with Gasteiger partial charge in [-0.1, -0.05) is 6.92 Å². The first-order valence-electron chi connectivity index (χ1n) is 4.58. The number of carbonyl (C=O) groups excluding carboxylic acids is 1. The molecule has 0 spiro atoms. The average Bonchev–Trinajstić information content (AvgIpc) is 2.12. The predicted molar refractivity (Wildman–Crippen MR) is 52.6 cm³/mol. The molecule has 0 saturated carbocycles. The van der Waals surface area contributed by atoms with Gasteiger partial charge in [-0.2, -0.15) is 0 Å². The molecule has 0 radical (unpaired) electrons. The van der Waals surface area contributed by atoms with Gasteiger partial charge in [-0.15, -0.1) is 0 Å². The predicted octanol–water partition coefficient (Wildman–Crippen LogP) is 0.809.